The first-order valence-electron chi connectivity index (χ1n) is 6.32. The van der Waals surface area contributed by atoms with Crippen LogP contribution in [0, 0.1) is 0 Å². The standard InChI is InChI=1S/C13H18N4O/c1-13(2,18)8-17-12(14-9-15-17)11-4-3-7-16(11)10-5-6-10/h3-4,7,9-10,18H,5-6,8H2,1-2H3. The van der Waals surface area contributed by atoms with Crippen LogP contribution in [0.15, 0.2) is 24.7 Å². The van der Waals surface area contributed by atoms with Crippen LogP contribution in [0.5, 0.6) is 0 Å². The van der Waals surface area contributed by atoms with Crippen molar-refractivity contribution in [3.63, 3.8) is 0 Å². The Hall–Kier alpha value is -1.62. The molecule has 0 spiro atoms. The van der Waals surface area contributed by atoms with E-state index in [1.165, 1.54) is 12.8 Å². The first kappa shape index (κ1) is 11.5. The summed E-state index contributed by atoms with van der Waals surface area (Å²) in [6, 6.07) is 4.71. The molecule has 1 aliphatic rings. The van der Waals surface area contributed by atoms with Gasteiger partial charge in [-0.05, 0) is 38.8 Å². The molecule has 3 rings (SSSR count). The van der Waals surface area contributed by atoms with E-state index >= 15 is 0 Å². The highest BCUT2D eigenvalue weighted by Crippen LogP contribution is 2.38. The van der Waals surface area contributed by atoms with Gasteiger partial charge in [-0.15, -0.1) is 0 Å². The molecule has 0 bridgehead atoms. The predicted octanol–water partition coefficient (Wildman–Crippen LogP) is 1.85. The van der Waals surface area contributed by atoms with E-state index in [1.54, 1.807) is 24.9 Å². The largest absolute Gasteiger partial charge is 0.389 e. The second-order valence-corrected chi connectivity index (χ2v) is 5.59. The van der Waals surface area contributed by atoms with Gasteiger partial charge in [0.05, 0.1) is 17.8 Å². The number of rotatable bonds is 4. The molecule has 0 unspecified atom stereocenters. The number of nitrogens with zero attached hydrogens (tertiary/aromatic N) is 4. The molecule has 1 aliphatic carbocycles. The second kappa shape index (κ2) is 3.95. The molecule has 1 saturated carbocycles. The molecule has 2 aromatic rings. The lowest BCUT2D eigenvalue weighted by Gasteiger charge is -2.18. The Balaban J connectivity index is 1.96. The van der Waals surface area contributed by atoms with E-state index in [1.807, 2.05) is 6.07 Å². The predicted molar refractivity (Wildman–Crippen MR) is 68.0 cm³/mol. The maximum Gasteiger partial charge on any atom is 0.174 e. The van der Waals surface area contributed by atoms with Crippen LogP contribution in [-0.4, -0.2) is 30.0 Å². The maximum atomic E-state index is 9.91. The van der Waals surface area contributed by atoms with Crippen LogP contribution in [0.3, 0.4) is 0 Å². The van der Waals surface area contributed by atoms with Gasteiger partial charge in [-0.25, -0.2) is 9.67 Å². The lowest BCUT2D eigenvalue weighted by Crippen LogP contribution is -2.27. The van der Waals surface area contributed by atoms with E-state index < -0.39 is 5.60 Å². The number of aliphatic hydroxyl groups is 1. The number of hydrogen-bond acceptors (Lipinski definition) is 3. The van der Waals surface area contributed by atoms with Crippen molar-refractivity contribution in [3.8, 4) is 11.5 Å². The van der Waals surface area contributed by atoms with E-state index in [0.29, 0.717) is 12.6 Å². The molecule has 0 radical (unpaired) electrons. The summed E-state index contributed by atoms with van der Waals surface area (Å²) >= 11 is 0. The van der Waals surface area contributed by atoms with Gasteiger partial charge in [0.1, 0.15) is 6.33 Å². The van der Waals surface area contributed by atoms with Crippen LogP contribution in [0.25, 0.3) is 11.5 Å². The van der Waals surface area contributed by atoms with Crippen LogP contribution in [0.1, 0.15) is 32.7 Å². The van der Waals surface area contributed by atoms with Crippen LogP contribution >= 0.6 is 0 Å². The van der Waals surface area contributed by atoms with E-state index in [0.717, 1.165) is 11.5 Å². The van der Waals surface area contributed by atoms with E-state index in [9.17, 15) is 5.11 Å². The van der Waals surface area contributed by atoms with Gasteiger partial charge in [0, 0.05) is 12.2 Å². The highest BCUT2D eigenvalue weighted by molar-refractivity contribution is 5.51. The van der Waals surface area contributed by atoms with Crippen molar-refractivity contribution in [2.24, 2.45) is 0 Å². The minimum Gasteiger partial charge on any atom is -0.389 e. The minimum absolute atomic E-state index is 0.443. The van der Waals surface area contributed by atoms with Gasteiger partial charge in [-0.3, -0.25) is 0 Å². The average Bonchev–Trinajstić information content (AvgIpc) is 2.84. The van der Waals surface area contributed by atoms with Crippen molar-refractivity contribution >= 4 is 0 Å². The molecule has 5 nitrogen and oxygen atoms in total. The Bertz CT molecular complexity index is 545. The molecule has 1 N–H and O–H groups in total. The van der Waals surface area contributed by atoms with Crippen molar-refractivity contribution < 1.29 is 5.11 Å². The van der Waals surface area contributed by atoms with Gasteiger partial charge >= 0.3 is 0 Å². The summed E-state index contributed by atoms with van der Waals surface area (Å²) in [5.74, 6) is 0.828. The molecule has 0 saturated heterocycles. The molecular weight excluding hydrogens is 228 g/mol. The summed E-state index contributed by atoms with van der Waals surface area (Å²) in [5, 5.41) is 14.1. The van der Waals surface area contributed by atoms with Crippen LogP contribution in [0.4, 0.5) is 0 Å². The summed E-state index contributed by atoms with van der Waals surface area (Å²) in [5.41, 5.74) is 0.290. The van der Waals surface area contributed by atoms with Crippen molar-refractivity contribution in [1.82, 2.24) is 19.3 Å². The molecule has 0 atom stereocenters. The Morgan fingerprint density at radius 1 is 1.44 bits per heavy atom. The third-order valence-electron chi connectivity index (χ3n) is 3.10. The fourth-order valence-corrected chi connectivity index (χ4v) is 2.20. The summed E-state index contributed by atoms with van der Waals surface area (Å²) in [7, 11) is 0. The quantitative estimate of drug-likeness (QED) is 0.895. The summed E-state index contributed by atoms with van der Waals surface area (Å²) in [4.78, 5) is 4.33. The molecule has 5 heteroatoms. The molecule has 0 aromatic carbocycles. The molecule has 2 aromatic heterocycles. The second-order valence-electron chi connectivity index (χ2n) is 5.59. The smallest absolute Gasteiger partial charge is 0.174 e. The Morgan fingerprint density at radius 3 is 2.89 bits per heavy atom. The molecule has 2 heterocycles. The van der Waals surface area contributed by atoms with Gasteiger partial charge in [0.15, 0.2) is 5.82 Å². The molecule has 1 fully saturated rings. The Morgan fingerprint density at radius 2 is 2.22 bits per heavy atom. The summed E-state index contributed by atoms with van der Waals surface area (Å²) < 4.78 is 4.03. The Labute approximate surface area is 106 Å². The van der Waals surface area contributed by atoms with Gasteiger partial charge in [-0.2, -0.15) is 5.10 Å². The fraction of sp³-hybridized carbons (Fsp3) is 0.538. The van der Waals surface area contributed by atoms with E-state index in [-0.39, 0.29) is 0 Å². The zero-order valence-electron chi connectivity index (χ0n) is 10.7. The molecule has 96 valence electrons. The first-order valence-corrected chi connectivity index (χ1v) is 6.32. The SMILES string of the molecule is CC(C)(O)Cn1ncnc1-c1cccn1C1CC1. The normalized spacial score (nSPS) is 16.2. The molecule has 0 amide bonds. The lowest BCUT2D eigenvalue weighted by molar-refractivity contribution is 0.0581. The highest BCUT2D eigenvalue weighted by Gasteiger charge is 2.27. The third-order valence-corrected chi connectivity index (χ3v) is 3.10. The van der Waals surface area contributed by atoms with Gasteiger partial charge in [0.2, 0.25) is 0 Å². The first-order chi connectivity index (χ1) is 8.54. The highest BCUT2D eigenvalue weighted by atomic mass is 16.3. The summed E-state index contributed by atoms with van der Waals surface area (Å²) in [6.45, 7) is 4.00. The van der Waals surface area contributed by atoms with E-state index in [4.69, 9.17) is 0 Å². The topological polar surface area (TPSA) is 55.9 Å². The third kappa shape index (κ3) is 2.18. The van der Waals surface area contributed by atoms with E-state index in [2.05, 4.69) is 26.9 Å². The van der Waals surface area contributed by atoms with Crippen molar-refractivity contribution in [2.45, 2.75) is 44.9 Å². The van der Waals surface area contributed by atoms with Gasteiger partial charge < -0.3 is 9.67 Å². The number of aromatic nitrogens is 4. The van der Waals surface area contributed by atoms with Crippen molar-refractivity contribution in [2.75, 3.05) is 0 Å². The van der Waals surface area contributed by atoms with Crippen LogP contribution in [-0.2, 0) is 6.54 Å². The molecule has 0 aliphatic heterocycles. The molecular formula is C13H18N4O. The number of hydrogen-bond donors (Lipinski definition) is 1. The lowest BCUT2D eigenvalue weighted by atomic mass is 10.1. The van der Waals surface area contributed by atoms with Crippen LogP contribution < -0.4 is 0 Å². The molecule has 18 heavy (non-hydrogen) atoms. The fourth-order valence-electron chi connectivity index (χ4n) is 2.20. The van der Waals surface area contributed by atoms with Gasteiger partial charge in [0.25, 0.3) is 0 Å². The van der Waals surface area contributed by atoms with Crippen molar-refractivity contribution in [3.05, 3.63) is 24.7 Å². The van der Waals surface area contributed by atoms with Crippen molar-refractivity contribution in [1.29, 1.82) is 0 Å². The van der Waals surface area contributed by atoms with Crippen LogP contribution in [0.2, 0.25) is 0 Å². The van der Waals surface area contributed by atoms with Gasteiger partial charge in [-0.1, -0.05) is 0 Å². The summed E-state index contributed by atoms with van der Waals surface area (Å²) in [6.07, 6.45) is 6.12. The monoisotopic (exact) mass is 246 g/mol. The average molecular weight is 246 g/mol. The minimum atomic E-state index is -0.792. The zero-order valence-corrected chi connectivity index (χ0v) is 10.7. The Kier molecular flexibility index (Phi) is 2.52. The maximum absolute atomic E-state index is 9.91. The zero-order chi connectivity index (χ0) is 12.8.